The van der Waals surface area contributed by atoms with Crippen molar-refractivity contribution in [3.05, 3.63) is 17.5 Å². The monoisotopic (exact) mass is 348 g/mol. The smallest absolute Gasteiger partial charge is 0.364 e. The van der Waals surface area contributed by atoms with Crippen LogP contribution in [0.4, 0.5) is 13.2 Å². The number of ether oxygens (including phenoxy) is 1. The summed E-state index contributed by atoms with van der Waals surface area (Å²) in [6.07, 6.45) is -4.19. The highest BCUT2D eigenvalue weighted by Crippen LogP contribution is 2.26. The summed E-state index contributed by atoms with van der Waals surface area (Å²) in [4.78, 5) is 24.8. The van der Waals surface area contributed by atoms with Crippen LogP contribution in [0.15, 0.2) is 6.07 Å². The standard InChI is InChI=1S/C14H19F3N4O3/c1-8(24-7-14(15,16)17)13(23)21-4-2-3-9(6-21)10-5-11(12(18)22)20-19-10/h5,8-9H,2-4,6-7H2,1H3,(H2,18,22)(H,19,20). The fraction of sp³-hybridized carbons (Fsp3) is 0.643. The van der Waals surface area contributed by atoms with Gasteiger partial charge in [-0.1, -0.05) is 0 Å². The zero-order chi connectivity index (χ0) is 17.9. The second kappa shape index (κ2) is 7.20. The van der Waals surface area contributed by atoms with Gasteiger partial charge in [-0.05, 0) is 25.8 Å². The third-order valence-electron chi connectivity index (χ3n) is 3.87. The number of hydrogen-bond donors (Lipinski definition) is 2. The molecule has 1 saturated heterocycles. The van der Waals surface area contributed by atoms with Gasteiger partial charge in [0.25, 0.3) is 11.8 Å². The molecule has 2 amide bonds. The molecule has 1 aromatic rings. The van der Waals surface area contributed by atoms with Crippen LogP contribution >= 0.6 is 0 Å². The Balaban J connectivity index is 1.96. The number of piperidine rings is 1. The summed E-state index contributed by atoms with van der Waals surface area (Å²) < 4.78 is 41.1. The molecule has 2 unspecified atom stereocenters. The van der Waals surface area contributed by atoms with Crippen LogP contribution in [0.1, 0.15) is 41.9 Å². The minimum atomic E-state index is -4.47. The van der Waals surface area contributed by atoms with Crippen LogP contribution in [0, 0.1) is 0 Å². The second-order valence-electron chi connectivity index (χ2n) is 5.76. The van der Waals surface area contributed by atoms with Gasteiger partial charge in [-0.25, -0.2) is 0 Å². The summed E-state index contributed by atoms with van der Waals surface area (Å²) in [6.45, 7) is 0.615. The number of nitrogens with zero attached hydrogens (tertiary/aromatic N) is 2. The summed E-state index contributed by atoms with van der Waals surface area (Å²) in [5.41, 5.74) is 5.92. The Labute approximate surface area is 136 Å². The molecule has 2 rings (SSSR count). The van der Waals surface area contributed by atoms with Gasteiger partial charge in [-0.15, -0.1) is 0 Å². The van der Waals surface area contributed by atoms with Gasteiger partial charge in [0.15, 0.2) is 0 Å². The van der Waals surface area contributed by atoms with E-state index in [4.69, 9.17) is 5.73 Å². The zero-order valence-corrected chi connectivity index (χ0v) is 13.1. The Morgan fingerprint density at radius 1 is 1.54 bits per heavy atom. The Morgan fingerprint density at radius 2 is 2.25 bits per heavy atom. The van der Waals surface area contributed by atoms with Crippen molar-refractivity contribution in [3.8, 4) is 0 Å². The Hall–Kier alpha value is -2.10. The van der Waals surface area contributed by atoms with Crippen molar-refractivity contribution in [1.82, 2.24) is 15.1 Å². The third kappa shape index (κ3) is 4.70. The predicted molar refractivity (Wildman–Crippen MR) is 77.1 cm³/mol. The first-order valence-electron chi connectivity index (χ1n) is 7.49. The number of likely N-dealkylation sites (tertiary alicyclic amines) is 1. The van der Waals surface area contributed by atoms with E-state index in [9.17, 15) is 22.8 Å². The van der Waals surface area contributed by atoms with Gasteiger partial charge in [-0.3, -0.25) is 14.7 Å². The summed E-state index contributed by atoms with van der Waals surface area (Å²) in [7, 11) is 0. The SMILES string of the molecule is CC(OCC(F)(F)F)C(=O)N1CCCC(c2cc(C(N)=O)n[nH]2)C1. The number of aromatic amines is 1. The average Bonchev–Trinajstić information content (AvgIpc) is 3.01. The second-order valence-corrected chi connectivity index (χ2v) is 5.76. The fourth-order valence-electron chi connectivity index (χ4n) is 2.65. The van der Waals surface area contributed by atoms with Gasteiger partial charge in [0.1, 0.15) is 18.4 Å². The maximum atomic E-state index is 12.2. The van der Waals surface area contributed by atoms with Crippen LogP contribution in [-0.4, -0.2) is 58.9 Å². The number of hydrogen-bond acceptors (Lipinski definition) is 4. The van der Waals surface area contributed by atoms with Crippen LogP contribution in [0.3, 0.4) is 0 Å². The van der Waals surface area contributed by atoms with E-state index in [-0.39, 0.29) is 11.6 Å². The van der Waals surface area contributed by atoms with E-state index in [1.165, 1.54) is 17.9 Å². The maximum Gasteiger partial charge on any atom is 0.411 e. The molecule has 134 valence electrons. The average molecular weight is 348 g/mol. The molecule has 0 spiro atoms. The van der Waals surface area contributed by atoms with E-state index in [0.717, 1.165) is 6.42 Å². The van der Waals surface area contributed by atoms with Gasteiger partial charge in [-0.2, -0.15) is 18.3 Å². The number of nitrogens with one attached hydrogen (secondary N) is 1. The Morgan fingerprint density at radius 3 is 2.83 bits per heavy atom. The summed E-state index contributed by atoms with van der Waals surface area (Å²) in [5, 5.41) is 6.52. The van der Waals surface area contributed by atoms with Crippen molar-refractivity contribution in [1.29, 1.82) is 0 Å². The predicted octanol–water partition coefficient (Wildman–Crippen LogP) is 1.18. The van der Waals surface area contributed by atoms with Crippen molar-refractivity contribution in [2.75, 3.05) is 19.7 Å². The number of rotatable bonds is 5. The lowest BCUT2D eigenvalue weighted by Crippen LogP contribution is -2.45. The molecule has 0 radical (unpaired) electrons. The number of carbonyl (C=O) groups excluding carboxylic acids is 2. The summed E-state index contributed by atoms with van der Waals surface area (Å²) >= 11 is 0. The molecule has 1 aliphatic heterocycles. The number of aromatic nitrogens is 2. The van der Waals surface area contributed by atoms with Gasteiger partial charge < -0.3 is 15.4 Å². The number of alkyl halides is 3. The lowest BCUT2D eigenvalue weighted by Gasteiger charge is -2.33. The summed E-state index contributed by atoms with van der Waals surface area (Å²) in [6, 6.07) is 1.53. The van der Waals surface area contributed by atoms with Crippen molar-refractivity contribution >= 4 is 11.8 Å². The number of nitrogens with two attached hydrogens (primary N) is 1. The van der Waals surface area contributed by atoms with E-state index in [1.54, 1.807) is 0 Å². The molecule has 2 heterocycles. The molecule has 1 aliphatic rings. The lowest BCUT2D eigenvalue weighted by atomic mass is 9.94. The normalized spacial score (nSPS) is 20.0. The van der Waals surface area contributed by atoms with Crippen LogP contribution in [-0.2, 0) is 9.53 Å². The van der Waals surface area contributed by atoms with Crippen molar-refractivity contribution < 1.29 is 27.5 Å². The highest BCUT2D eigenvalue weighted by molar-refractivity contribution is 5.90. The molecule has 24 heavy (non-hydrogen) atoms. The molecule has 3 N–H and O–H groups in total. The molecule has 0 saturated carbocycles. The maximum absolute atomic E-state index is 12.2. The van der Waals surface area contributed by atoms with Crippen molar-refractivity contribution in [2.45, 2.75) is 38.0 Å². The quantitative estimate of drug-likeness (QED) is 0.834. The van der Waals surface area contributed by atoms with E-state index >= 15 is 0 Å². The van der Waals surface area contributed by atoms with E-state index in [0.29, 0.717) is 25.2 Å². The minimum Gasteiger partial charge on any atom is -0.364 e. The van der Waals surface area contributed by atoms with Crippen LogP contribution < -0.4 is 5.73 Å². The molecule has 1 fully saturated rings. The van der Waals surface area contributed by atoms with Crippen LogP contribution in [0.2, 0.25) is 0 Å². The number of halogens is 3. The molecular weight excluding hydrogens is 329 g/mol. The van der Waals surface area contributed by atoms with E-state index < -0.39 is 30.7 Å². The fourth-order valence-corrected chi connectivity index (χ4v) is 2.65. The van der Waals surface area contributed by atoms with Gasteiger partial charge in [0.2, 0.25) is 0 Å². The number of primary amides is 1. The van der Waals surface area contributed by atoms with Gasteiger partial charge >= 0.3 is 6.18 Å². The van der Waals surface area contributed by atoms with Crippen molar-refractivity contribution in [2.24, 2.45) is 5.73 Å². The van der Waals surface area contributed by atoms with Crippen molar-refractivity contribution in [3.63, 3.8) is 0 Å². The molecular formula is C14H19F3N4O3. The molecule has 0 aromatic carbocycles. The van der Waals surface area contributed by atoms with E-state index in [2.05, 4.69) is 14.9 Å². The molecule has 2 atom stereocenters. The Kier molecular flexibility index (Phi) is 5.47. The first kappa shape index (κ1) is 18.2. The topological polar surface area (TPSA) is 101 Å². The molecule has 0 aliphatic carbocycles. The van der Waals surface area contributed by atoms with Crippen LogP contribution in [0.5, 0.6) is 0 Å². The zero-order valence-electron chi connectivity index (χ0n) is 13.1. The van der Waals surface area contributed by atoms with E-state index in [1.807, 2.05) is 0 Å². The molecule has 0 bridgehead atoms. The molecule has 7 nitrogen and oxygen atoms in total. The highest BCUT2D eigenvalue weighted by atomic mass is 19.4. The number of H-pyrrole nitrogens is 1. The highest BCUT2D eigenvalue weighted by Gasteiger charge is 2.33. The third-order valence-corrected chi connectivity index (χ3v) is 3.87. The number of amides is 2. The Bertz CT molecular complexity index is 602. The molecule has 10 heteroatoms. The first-order valence-corrected chi connectivity index (χ1v) is 7.49. The summed E-state index contributed by atoms with van der Waals surface area (Å²) in [5.74, 6) is -1.23. The first-order chi connectivity index (χ1) is 11.2. The molecule has 1 aromatic heterocycles. The van der Waals surface area contributed by atoms with Gasteiger partial charge in [0, 0.05) is 24.7 Å². The minimum absolute atomic E-state index is 0.0851. The number of carbonyl (C=O) groups is 2. The largest absolute Gasteiger partial charge is 0.411 e. The van der Waals surface area contributed by atoms with Gasteiger partial charge in [0.05, 0.1) is 0 Å². The van der Waals surface area contributed by atoms with Crippen LogP contribution in [0.25, 0.3) is 0 Å². The lowest BCUT2D eigenvalue weighted by molar-refractivity contribution is -0.188.